The van der Waals surface area contributed by atoms with Gasteiger partial charge in [0.25, 0.3) is 0 Å². The van der Waals surface area contributed by atoms with Crippen LogP contribution in [0.5, 0.6) is 0 Å². The standard InChI is InChI=1S/C11H16F3N3O/c1-7(2)8-5-9(11(12,13)14)15-17(8)6-10(18)16(3)4/h5,7H,6H2,1-4H3. The smallest absolute Gasteiger partial charge is 0.347 e. The molecule has 0 saturated heterocycles. The van der Waals surface area contributed by atoms with Crippen molar-refractivity contribution >= 4 is 5.91 Å². The quantitative estimate of drug-likeness (QED) is 0.837. The fourth-order valence-corrected chi connectivity index (χ4v) is 1.43. The molecular weight excluding hydrogens is 247 g/mol. The molecule has 18 heavy (non-hydrogen) atoms. The lowest BCUT2D eigenvalue weighted by molar-refractivity contribution is -0.142. The van der Waals surface area contributed by atoms with E-state index in [-0.39, 0.29) is 18.4 Å². The summed E-state index contributed by atoms with van der Waals surface area (Å²) in [5, 5.41) is 3.47. The maximum absolute atomic E-state index is 12.6. The Kier molecular flexibility index (Phi) is 4.03. The van der Waals surface area contributed by atoms with Gasteiger partial charge in [-0.1, -0.05) is 13.8 Å². The third kappa shape index (κ3) is 3.24. The van der Waals surface area contributed by atoms with E-state index in [0.29, 0.717) is 5.69 Å². The van der Waals surface area contributed by atoms with Crippen LogP contribution in [-0.4, -0.2) is 34.7 Å². The number of alkyl halides is 3. The summed E-state index contributed by atoms with van der Waals surface area (Å²) in [5.74, 6) is -0.433. The Morgan fingerprint density at radius 2 is 2.00 bits per heavy atom. The summed E-state index contributed by atoms with van der Waals surface area (Å²) < 4.78 is 38.8. The molecule has 0 spiro atoms. The van der Waals surface area contributed by atoms with Crippen LogP contribution < -0.4 is 0 Å². The van der Waals surface area contributed by atoms with Crippen molar-refractivity contribution in [2.45, 2.75) is 32.5 Å². The molecule has 0 saturated carbocycles. The Labute approximate surface area is 103 Å². The van der Waals surface area contributed by atoms with Crippen molar-refractivity contribution in [2.75, 3.05) is 14.1 Å². The predicted octanol–water partition coefficient (Wildman–Crippen LogP) is 2.11. The average molecular weight is 263 g/mol. The first-order chi connectivity index (χ1) is 8.12. The van der Waals surface area contributed by atoms with Gasteiger partial charge in [0.2, 0.25) is 5.91 Å². The van der Waals surface area contributed by atoms with Gasteiger partial charge in [-0.2, -0.15) is 18.3 Å². The Morgan fingerprint density at radius 1 is 1.44 bits per heavy atom. The van der Waals surface area contributed by atoms with Gasteiger partial charge in [0.1, 0.15) is 6.54 Å². The highest BCUT2D eigenvalue weighted by Crippen LogP contribution is 2.30. The molecule has 7 heteroatoms. The first-order valence-electron chi connectivity index (χ1n) is 5.48. The van der Waals surface area contributed by atoms with Crippen molar-refractivity contribution < 1.29 is 18.0 Å². The summed E-state index contributed by atoms with van der Waals surface area (Å²) in [4.78, 5) is 12.8. The highest BCUT2D eigenvalue weighted by atomic mass is 19.4. The SMILES string of the molecule is CC(C)c1cc(C(F)(F)F)nn1CC(=O)N(C)C. The van der Waals surface area contributed by atoms with Gasteiger partial charge in [0, 0.05) is 19.8 Å². The molecule has 0 aliphatic rings. The van der Waals surface area contributed by atoms with E-state index in [1.165, 1.54) is 4.90 Å². The summed E-state index contributed by atoms with van der Waals surface area (Å²) in [6.45, 7) is 3.33. The fraction of sp³-hybridized carbons (Fsp3) is 0.636. The molecule has 0 N–H and O–H groups in total. The Morgan fingerprint density at radius 3 is 2.39 bits per heavy atom. The van der Waals surface area contributed by atoms with Crippen molar-refractivity contribution in [3.05, 3.63) is 17.5 Å². The fourth-order valence-electron chi connectivity index (χ4n) is 1.43. The molecule has 1 amide bonds. The normalized spacial score (nSPS) is 12.0. The van der Waals surface area contributed by atoms with E-state index in [4.69, 9.17) is 0 Å². The first kappa shape index (κ1) is 14.5. The summed E-state index contributed by atoms with van der Waals surface area (Å²) >= 11 is 0. The van der Waals surface area contributed by atoms with Gasteiger partial charge < -0.3 is 4.90 Å². The van der Waals surface area contributed by atoms with Gasteiger partial charge in [-0.15, -0.1) is 0 Å². The molecule has 0 aromatic carbocycles. The number of hydrogen-bond donors (Lipinski definition) is 0. The van der Waals surface area contributed by atoms with Crippen molar-refractivity contribution in [1.82, 2.24) is 14.7 Å². The topological polar surface area (TPSA) is 38.1 Å². The maximum Gasteiger partial charge on any atom is 0.435 e. The third-order valence-corrected chi connectivity index (χ3v) is 2.48. The number of rotatable bonds is 3. The number of hydrogen-bond acceptors (Lipinski definition) is 2. The molecular formula is C11H16F3N3O. The van der Waals surface area contributed by atoms with E-state index in [2.05, 4.69) is 5.10 Å². The Hall–Kier alpha value is -1.53. The van der Waals surface area contributed by atoms with Crippen LogP contribution in [-0.2, 0) is 17.5 Å². The van der Waals surface area contributed by atoms with E-state index in [1.807, 2.05) is 0 Å². The van der Waals surface area contributed by atoms with Gasteiger partial charge in [-0.25, -0.2) is 0 Å². The van der Waals surface area contributed by atoms with E-state index < -0.39 is 11.9 Å². The van der Waals surface area contributed by atoms with Crippen LogP contribution in [0.3, 0.4) is 0 Å². The minimum atomic E-state index is -4.49. The predicted molar refractivity (Wildman–Crippen MR) is 60.0 cm³/mol. The lowest BCUT2D eigenvalue weighted by Gasteiger charge is -2.13. The van der Waals surface area contributed by atoms with Crippen LogP contribution in [0.15, 0.2) is 6.07 Å². The highest BCUT2D eigenvalue weighted by Gasteiger charge is 2.35. The van der Waals surface area contributed by atoms with Crippen molar-refractivity contribution in [2.24, 2.45) is 0 Å². The van der Waals surface area contributed by atoms with Crippen molar-refractivity contribution in [3.8, 4) is 0 Å². The van der Waals surface area contributed by atoms with E-state index in [0.717, 1.165) is 10.7 Å². The van der Waals surface area contributed by atoms with Gasteiger partial charge in [-0.05, 0) is 12.0 Å². The number of halogens is 3. The van der Waals surface area contributed by atoms with Gasteiger partial charge in [0.05, 0.1) is 0 Å². The largest absolute Gasteiger partial charge is 0.435 e. The number of carbonyl (C=O) groups excluding carboxylic acids is 1. The van der Waals surface area contributed by atoms with Gasteiger partial charge in [0.15, 0.2) is 5.69 Å². The zero-order chi connectivity index (χ0) is 14.1. The zero-order valence-electron chi connectivity index (χ0n) is 10.7. The lowest BCUT2D eigenvalue weighted by Crippen LogP contribution is -2.27. The number of likely N-dealkylation sites (N-methyl/N-ethyl adjacent to an activating group) is 1. The molecule has 0 atom stereocenters. The van der Waals surface area contributed by atoms with Gasteiger partial charge >= 0.3 is 6.18 Å². The van der Waals surface area contributed by atoms with E-state index in [1.54, 1.807) is 27.9 Å². The first-order valence-corrected chi connectivity index (χ1v) is 5.48. The minimum absolute atomic E-state index is 0.136. The molecule has 0 bridgehead atoms. The van der Waals surface area contributed by atoms with Gasteiger partial charge in [-0.3, -0.25) is 9.48 Å². The number of nitrogens with zero attached hydrogens (tertiary/aromatic N) is 3. The summed E-state index contributed by atoms with van der Waals surface area (Å²) in [6, 6.07) is 0.994. The van der Waals surface area contributed by atoms with Crippen LogP contribution >= 0.6 is 0 Å². The third-order valence-electron chi connectivity index (χ3n) is 2.48. The summed E-state index contributed by atoms with van der Waals surface area (Å²) in [5.41, 5.74) is -0.560. The summed E-state index contributed by atoms with van der Waals surface area (Å²) in [7, 11) is 3.09. The van der Waals surface area contributed by atoms with Crippen molar-refractivity contribution in [1.29, 1.82) is 0 Å². The van der Waals surface area contributed by atoms with Crippen LogP contribution in [0, 0.1) is 0 Å². The second-order valence-corrected chi connectivity index (χ2v) is 4.55. The van der Waals surface area contributed by atoms with Crippen LogP contribution in [0.1, 0.15) is 31.2 Å². The molecule has 1 heterocycles. The number of amides is 1. The molecule has 0 aliphatic carbocycles. The molecule has 0 unspecified atom stereocenters. The minimum Gasteiger partial charge on any atom is -0.347 e. The maximum atomic E-state index is 12.6. The molecule has 0 fully saturated rings. The zero-order valence-corrected chi connectivity index (χ0v) is 10.7. The second-order valence-electron chi connectivity index (χ2n) is 4.55. The molecule has 1 aromatic heterocycles. The van der Waals surface area contributed by atoms with Crippen LogP contribution in [0.4, 0.5) is 13.2 Å². The average Bonchev–Trinajstić information content (AvgIpc) is 2.60. The van der Waals surface area contributed by atoms with Crippen LogP contribution in [0.2, 0.25) is 0 Å². The molecule has 1 aromatic rings. The summed E-state index contributed by atoms with van der Waals surface area (Å²) in [6.07, 6.45) is -4.49. The Bertz CT molecular complexity index is 435. The molecule has 0 radical (unpaired) electrons. The lowest BCUT2D eigenvalue weighted by atomic mass is 10.1. The highest BCUT2D eigenvalue weighted by molar-refractivity contribution is 5.75. The van der Waals surface area contributed by atoms with E-state index in [9.17, 15) is 18.0 Å². The van der Waals surface area contributed by atoms with E-state index >= 15 is 0 Å². The number of carbonyl (C=O) groups is 1. The molecule has 102 valence electrons. The molecule has 4 nitrogen and oxygen atoms in total. The Balaban J connectivity index is 3.10. The molecule has 0 aliphatic heterocycles. The molecule has 1 rings (SSSR count). The second kappa shape index (κ2) is 4.99. The van der Waals surface area contributed by atoms with Crippen molar-refractivity contribution in [3.63, 3.8) is 0 Å². The number of aromatic nitrogens is 2. The monoisotopic (exact) mass is 263 g/mol. The van der Waals surface area contributed by atoms with Crippen LogP contribution in [0.25, 0.3) is 0 Å².